The lowest BCUT2D eigenvalue weighted by Crippen LogP contribution is -1.97. The van der Waals surface area contributed by atoms with Crippen molar-refractivity contribution in [3.05, 3.63) is 107 Å². The minimum atomic E-state index is -0.302. The predicted molar refractivity (Wildman–Crippen MR) is 153 cm³/mol. The first kappa shape index (κ1) is 23.4. The average molecular weight is 579 g/mol. The van der Waals surface area contributed by atoms with Crippen LogP contribution in [0.15, 0.2) is 100 Å². The Hall–Kier alpha value is -4.76. The van der Waals surface area contributed by atoms with Crippen LogP contribution in [0.3, 0.4) is 0 Å². The second-order valence-electron chi connectivity index (χ2n) is 9.26. The number of pyridine rings is 1. The van der Waals surface area contributed by atoms with Gasteiger partial charge in [-0.05, 0) is 73.7 Å². The van der Waals surface area contributed by atoms with Crippen molar-refractivity contribution in [1.82, 2.24) is 24.6 Å². The SMILES string of the molecule is Cc1ccc(-c2nnc(-c3ccc4nc(-c5c[nH]c6ccc(Br)cc56)c(Nc5ccc(F)cc5)n4c3)o2)cc1. The van der Waals surface area contributed by atoms with Crippen LogP contribution in [0.4, 0.5) is 15.9 Å². The van der Waals surface area contributed by atoms with Crippen molar-refractivity contribution in [2.45, 2.75) is 6.92 Å². The average Bonchev–Trinajstić information content (AvgIpc) is 3.67. The zero-order chi connectivity index (χ0) is 26.5. The molecule has 2 N–H and O–H groups in total. The summed E-state index contributed by atoms with van der Waals surface area (Å²) in [7, 11) is 0. The van der Waals surface area contributed by atoms with Gasteiger partial charge in [0.2, 0.25) is 11.8 Å². The summed E-state index contributed by atoms with van der Waals surface area (Å²) < 4.78 is 22.6. The number of rotatable bonds is 5. The maximum atomic E-state index is 13.6. The smallest absolute Gasteiger partial charge is 0.249 e. The summed E-state index contributed by atoms with van der Waals surface area (Å²) in [6.45, 7) is 2.03. The topological polar surface area (TPSA) is 84.0 Å². The van der Waals surface area contributed by atoms with Crippen molar-refractivity contribution in [2.24, 2.45) is 0 Å². The van der Waals surface area contributed by atoms with E-state index in [-0.39, 0.29) is 5.82 Å². The molecular formula is C30H20BrFN6O. The Balaban J connectivity index is 1.37. The van der Waals surface area contributed by atoms with Crippen LogP contribution in [0.25, 0.3) is 50.7 Å². The Labute approximate surface area is 230 Å². The Morgan fingerprint density at radius 3 is 2.44 bits per heavy atom. The number of benzene rings is 3. The number of imidazole rings is 1. The lowest BCUT2D eigenvalue weighted by molar-refractivity contribution is 0.584. The molecule has 0 saturated carbocycles. The van der Waals surface area contributed by atoms with Crippen molar-refractivity contribution >= 4 is 44.0 Å². The third kappa shape index (κ3) is 4.26. The molecule has 39 heavy (non-hydrogen) atoms. The fourth-order valence-electron chi connectivity index (χ4n) is 4.59. The number of fused-ring (bicyclic) bond motifs is 2. The highest BCUT2D eigenvalue weighted by Gasteiger charge is 2.20. The van der Waals surface area contributed by atoms with E-state index in [1.807, 2.05) is 72.2 Å². The van der Waals surface area contributed by atoms with E-state index in [9.17, 15) is 4.39 Å². The van der Waals surface area contributed by atoms with Gasteiger partial charge in [0.25, 0.3) is 0 Å². The molecule has 9 heteroatoms. The summed E-state index contributed by atoms with van der Waals surface area (Å²) >= 11 is 3.58. The highest BCUT2D eigenvalue weighted by atomic mass is 79.9. The third-order valence-corrected chi connectivity index (χ3v) is 7.09. The number of nitrogens with zero attached hydrogens (tertiary/aromatic N) is 4. The highest BCUT2D eigenvalue weighted by molar-refractivity contribution is 9.10. The standard InChI is InChI=1S/C30H20BrFN6O/c1-17-2-4-18(5-3-17)29-36-37-30(39-29)19-6-13-26-35-27(24-15-33-25-12-7-20(31)14-23(24)25)28(38(26)16-19)34-22-10-8-21(32)9-11-22/h2-16,33-34H,1H3. The molecule has 3 aromatic carbocycles. The van der Waals surface area contributed by atoms with E-state index in [0.717, 1.165) is 60.5 Å². The summed E-state index contributed by atoms with van der Waals surface area (Å²) in [4.78, 5) is 8.30. The van der Waals surface area contributed by atoms with Crippen LogP contribution >= 0.6 is 15.9 Å². The van der Waals surface area contributed by atoms with Gasteiger partial charge in [0.15, 0.2) is 0 Å². The van der Waals surface area contributed by atoms with Gasteiger partial charge in [0.05, 0.1) is 5.56 Å². The van der Waals surface area contributed by atoms with Crippen molar-refractivity contribution < 1.29 is 8.81 Å². The van der Waals surface area contributed by atoms with Crippen LogP contribution in [0.2, 0.25) is 0 Å². The van der Waals surface area contributed by atoms with E-state index in [4.69, 9.17) is 9.40 Å². The number of aromatic nitrogens is 5. The summed E-state index contributed by atoms with van der Waals surface area (Å²) in [6, 6.07) is 24.1. The van der Waals surface area contributed by atoms with Crippen LogP contribution in [0, 0.1) is 12.7 Å². The first-order valence-electron chi connectivity index (χ1n) is 12.2. The van der Waals surface area contributed by atoms with Gasteiger partial charge in [-0.3, -0.25) is 4.40 Å². The minimum absolute atomic E-state index is 0.302. The second kappa shape index (κ2) is 9.21. The molecule has 0 bridgehead atoms. The molecule has 7 nitrogen and oxygen atoms in total. The molecule has 0 saturated heterocycles. The van der Waals surface area contributed by atoms with Crippen molar-refractivity contribution in [3.63, 3.8) is 0 Å². The van der Waals surface area contributed by atoms with Gasteiger partial charge < -0.3 is 14.7 Å². The van der Waals surface area contributed by atoms with E-state index in [1.165, 1.54) is 12.1 Å². The van der Waals surface area contributed by atoms with Crippen LogP contribution < -0.4 is 5.32 Å². The fraction of sp³-hybridized carbons (Fsp3) is 0.0333. The zero-order valence-electron chi connectivity index (χ0n) is 20.6. The number of H-pyrrole nitrogens is 1. The van der Waals surface area contributed by atoms with Crippen molar-refractivity contribution in [3.8, 4) is 34.2 Å². The number of hydrogen-bond donors (Lipinski definition) is 2. The maximum Gasteiger partial charge on any atom is 0.249 e. The molecule has 0 amide bonds. The minimum Gasteiger partial charge on any atom is -0.416 e. The molecule has 7 rings (SSSR count). The molecule has 0 aliphatic heterocycles. The molecule has 0 spiro atoms. The maximum absolute atomic E-state index is 13.6. The highest BCUT2D eigenvalue weighted by Crippen LogP contribution is 2.37. The van der Waals surface area contributed by atoms with Gasteiger partial charge >= 0.3 is 0 Å². The quantitative estimate of drug-likeness (QED) is 0.215. The number of nitrogens with one attached hydrogen (secondary N) is 2. The predicted octanol–water partition coefficient (Wildman–Crippen LogP) is 8.15. The lowest BCUT2D eigenvalue weighted by atomic mass is 10.1. The van der Waals surface area contributed by atoms with E-state index in [1.54, 1.807) is 12.1 Å². The molecular weight excluding hydrogens is 559 g/mol. The van der Waals surface area contributed by atoms with Gasteiger partial charge in [-0.2, -0.15) is 0 Å². The van der Waals surface area contributed by atoms with Gasteiger partial charge in [0.1, 0.15) is 23.0 Å². The van der Waals surface area contributed by atoms with Gasteiger partial charge in [0, 0.05) is 44.6 Å². The Morgan fingerprint density at radius 1 is 0.897 bits per heavy atom. The molecule has 0 aliphatic carbocycles. The second-order valence-corrected chi connectivity index (χ2v) is 10.2. The Kier molecular flexibility index (Phi) is 5.52. The number of hydrogen-bond acceptors (Lipinski definition) is 5. The van der Waals surface area contributed by atoms with Crippen LogP contribution in [-0.2, 0) is 0 Å². The molecule has 0 atom stereocenters. The van der Waals surface area contributed by atoms with Gasteiger partial charge in [-0.25, -0.2) is 9.37 Å². The monoisotopic (exact) mass is 578 g/mol. The number of anilines is 2. The molecule has 7 aromatic rings. The number of aryl methyl sites for hydroxylation is 1. The largest absolute Gasteiger partial charge is 0.416 e. The van der Waals surface area contributed by atoms with Gasteiger partial charge in [-0.15, -0.1) is 10.2 Å². The molecule has 0 aliphatic rings. The third-order valence-electron chi connectivity index (χ3n) is 6.59. The number of halogens is 2. The number of aromatic amines is 1. The summed E-state index contributed by atoms with van der Waals surface area (Å²) in [5.41, 5.74) is 6.87. The first-order chi connectivity index (χ1) is 19.0. The van der Waals surface area contributed by atoms with E-state index in [2.05, 4.69) is 42.5 Å². The Bertz CT molecular complexity index is 1970. The molecule has 0 fully saturated rings. The van der Waals surface area contributed by atoms with Crippen LogP contribution in [0.5, 0.6) is 0 Å². The summed E-state index contributed by atoms with van der Waals surface area (Å²) in [5.74, 6) is 1.26. The van der Waals surface area contributed by atoms with Gasteiger partial charge in [-0.1, -0.05) is 33.6 Å². The van der Waals surface area contributed by atoms with Crippen LogP contribution in [0.1, 0.15) is 5.56 Å². The normalized spacial score (nSPS) is 11.5. The molecule has 0 unspecified atom stereocenters. The zero-order valence-corrected chi connectivity index (χ0v) is 22.2. The van der Waals surface area contributed by atoms with Crippen LogP contribution in [-0.4, -0.2) is 24.6 Å². The first-order valence-corrected chi connectivity index (χ1v) is 13.0. The van der Waals surface area contributed by atoms with E-state index < -0.39 is 0 Å². The molecule has 4 heterocycles. The summed E-state index contributed by atoms with van der Waals surface area (Å²) in [6.07, 6.45) is 3.86. The summed E-state index contributed by atoms with van der Waals surface area (Å²) in [5, 5.41) is 13.0. The van der Waals surface area contributed by atoms with E-state index >= 15 is 0 Å². The molecule has 190 valence electrons. The fourth-order valence-corrected chi connectivity index (χ4v) is 4.95. The Morgan fingerprint density at radius 2 is 1.64 bits per heavy atom. The molecule has 4 aromatic heterocycles. The molecule has 0 radical (unpaired) electrons. The lowest BCUT2D eigenvalue weighted by Gasteiger charge is -2.09. The van der Waals surface area contributed by atoms with Crippen molar-refractivity contribution in [1.29, 1.82) is 0 Å². The van der Waals surface area contributed by atoms with E-state index in [0.29, 0.717) is 11.8 Å². The van der Waals surface area contributed by atoms with Crippen molar-refractivity contribution in [2.75, 3.05) is 5.32 Å².